The maximum absolute atomic E-state index is 12.1. The molecule has 0 saturated heterocycles. The zero-order chi connectivity index (χ0) is 43.2. The summed E-state index contributed by atoms with van der Waals surface area (Å²) in [4.78, 5) is 33.9. The fourth-order valence-corrected chi connectivity index (χ4v) is 6.15. The molecular weight excluding hydrogens is 762 g/mol. The number of allylic oxidation sites excluding steroid dienone is 18. The van der Waals surface area contributed by atoms with Gasteiger partial charge in [-0.3, -0.25) is 18.6 Å². The van der Waals surface area contributed by atoms with Crippen molar-refractivity contribution in [3.05, 3.63) is 109 Å². The van der Waals surface area contributed by atoms with Crippen LogP contribution < -0.4 is 5.32 Å². The van der Waals surface area contributed by atoms with E-state index in [1.807, 2.05) is 0 Å². The summed E-state index contributed by atoms with van der Waals surface area (Å²) in [7, 11) is -4.44. The summed E-state index contributed by atoms with van der Waals surface area (Å²) in [5, 5.41) is 12.7. The summed E-state index contributed by atoms with van der Waals surface area (Å²) in [5.41, 5.74) is 0. The second-order valence-corrected chi connectivity index (χ2v) is 15.7. The Bertz CT molecular complexity index is 1330. The largest absolute Gasteiger partial charge is 0.472 e. The Morgan fingerprint density at radius 3 is 1.39 bits per heavy atom. The van der Waals surface area contributed by atoms with Gasteiger partial charge in [0.15, 0.2) is 0 Å². The SMILES string of the molecule is CC/C=C\C/C=C\C/C=C\C/C=C\C/C=C\CCCCCCCCCC(=O)OCC(O)COP(=O)(O)OCCNC(=O)CCCC/C=C\C/C=C\C/C=C\C/C=C\CC. The van der Waals surface area contributed by atoms with Crippen molar-refractivity contribution in [1.29, 1.82) is 0 Å². The van der Waals surface area contributed by atoms with Gasteiger partial charge in [-0.25, -0.2) is 4.57 Å². The van der Waals surface area contributed by atoms with Crippen molar-refractivity contribution < 1.29 is 37.9 Å². The average Bonchev–Trinajstić information content (AvgIpc) is 3.22. The van der Waals surface area contributed by atoms with Gasteiger partial charge in [0.2, 0.25) is 5.91 Å². The summed E-state index contributed by atoms with van der Waals surface area (Å²) >= 11 is 0. The van der Waals surface area contributed by atoms with E-state index in [1.165, 1.54) is 19.3 Å². The number of hydrogen-bond donors (Lipinski definition) is 3. The number of aliphatic hydroxyl groups excluding tert-OH is 1. The first-order valence-electron chi connectivity index (χ1n) is 22.4. The van der Waals surface area contributed by atoms with Gasteiger partial charge in [0, 0.05) is 19.4 Å². The standard InChI is InChI=1S/C49H80NO8P/c1-3-5-7-9-11-13-15-17-19-20-21-22-23-24-25-26-28-30-32-34-36-38-40-42-49(53)56-45-47(51)46-58-59(54,55)57-44-43-50-48(52)41-39-37-35-33-31-29-27-18-16-14-12-10-8-6-4-2/h5-8,11-14,17-19,21-22,24-25,27,31,33,47,51H,3-4,9-10,15-16,20,23,26,28-30,32,34-46H2,1-2H3,(H,50,52)(H,54,55)/b7-5-,8-6-,13-11-,14-12-,19-17-,22-21-,25-24-,27-18-,33-31-. The van der Waals surface area contributed by atoms with Crippen LogP contribution in [0.15, 0.2) is 109 Å². The maximum Gasteiger partial charge on any atom is 0.472 e. The minimum Gasteiger partial charge on any atom is -0.463 e. The molecule has 0 aromatic rings. The van der Waals surface area contributed by atoms with E-state index in [4.69, 9.17) is 13.8 Å². The molecule has 0 fully saturated rings. The number of phosphoric ester groups is 1. The minimum atomic E-state index is -4.44. The summed E-state index contributed by atoms with van der Waals surface area (Å²) in [6.07, 6.45) is 58.8. The lowest BCUT2D eigenvalue weighted by molar-refractivity contribution is -0.147. The summed E-state index contributed by atoms with van der Waals surface area (Å²) in [5.74, 6) is -0.580. The van der Waals surface area contributed by atoms with Gasteiger partial charge in [0.25, 0.3) is 0 Å². The lowest BCUT2D eigenvalue weighted by atomic mass is 10.1. The van der Waals surface area contributed by atoms with Crippen LogP contribution in [0.1, 0.15) is 155 Å². The molecule has 59 heavy (non-hydrogen) atoms. The smallest absolute Gasteiger partial charge is 0.463 e. The Morgan fingerprint density at radius 2 is 0.915 bits per heavy atom. The number of carbonyl (C=O) groups excluding carboxylic acids is 2. The van der Waals surface area contributed by atoms with Gasteiger partial charge < -0.3 is 20.1 Å². The maximum atomic E-state index is 12.1. The van der Waals surface area contributed by atoms with Crippen LogP contribution in [-0.2, 0) is 27.9 Å². The topological polar surface area (TPSA) is 131 Å². The number of unbranched alkanes of at least 4 members (excludes halogenated alkanes) is 9. The van der Waals surface area contributed by atoms with Gasteiger partial charge in [0.1, 0.15) is 12.7 Å². The van der Waals surface area contributed by atoms with Crippen LogP contribution in [0, 0.1) is 0 Å². The fourth-order valence-electron chi connectivity index (χ4n) is 5.40. The second kappa shape index (κ2) is 44.2. The first-order chi connectivity index (χ1) is 28.8. The molecule has 0 aromatic carbocycles. The van der Waals surface area contributed by atoms with Crippen LogP contribution in [0.4, 0.5) is 0 Å². The fraction of sp³-hybridized carbons (Fsp3) is 0.592. The quantitative estimate of drug-likeness (QED) is 0.0240. The lowest BCUT2D eigenvalue weighted by Gasteiger charge is -2.15. The molecule has 0 radical (unpaired) electrons. The normalized spacial score (nSPS) is 14.3. The summed E-state index contributed by atoms with van der Waals surface area (Å²) < 4.78 is 26.9. The summed E-state index contributed by atoms with van der Waals surface area (Å²) in [6.45, 7) is 3.23. The van der Waals surface area contributed by atoms with Gasteiger partial charge in [-0.05, 0) is 96.3 Å². The number of aliphatic hydroxyl groups is 1. The van der Waals surface area contributed by atoms with Gasteiger partial charge in [-0.1, -0.05) is 155 Å². The van der Waals surface area contributed by atoms with Crippen LogP contribution in [-0.4, -0.2) is 54.3 Å². The Hall–Kier alpha value is -3.33. The number of carbonyl (C=O) groups is 2. The third-order valence-electron chi connectivity index (χ3n) is 8.70. The molecular formula is C49H80NO8P. The third-order valence-corrected chi connectivity index (χ3v) is 9.68. The van der Waals surface area contributed by atoms with E-state index in [1.54, 1.807) is 0 Å². The van der Waals surface area contributed by atoms with E-state index in [0.29, 0.717) is 12.8 Å². The van der Waals surface area contributed by atoms with E-state index in [0.717, 1.165) is 103 Å². The van der Waals surface area contributed by atoms with Crippen molar-refractivity contribution in [2.45, 2.75) is 161 Å². The predicted octanol–water partition coefficient (Wildman–Crippen LogP) is 12.8. The molecule has 0 aliphatic carbocycles. The highest BCUT2D eigenvalue weighted by atomic mass is 31.2. The highest BCUT2D eigenvalue weighted by molar-refractivity contribution is 7.47. The summed E-state index contributed by atoms with van der Waals surface area (Å²) in [6, 6.07) is 0. The third kappa shape index (κ3) is 45.6. The van der Waals surface area contributed by atoms with Crippen molar-refractivity contribution in [1.82, 2.24) is 5.32 Å². The zero-order valence-electron chi connectivity index (χ0n) is 36.6. The Kier molecular flexibility index (Phi) is 41.7. The number of esters is 1. The molecule has 334 valence electrons. The van der Waals surface area contributed by atoms with E-state index in [-0.39, 0.29) is 32.1 Å². The van der Waals surface area contributed by atoms with Crippen LogP contribution in [0.3, 0.4) is 0 Å². The molecule has 0 spiro atoms. The molecule has 3 N–H and O–H groups in total. The number of ether oxygens (including phenoxy) is 1. The minimum absolute atomic E-state index is 0.0512. The van der Waals surface area contributed by atoms with E-state index in [9.17, 15) is 24.2 Å². The highest BCUT2D eigenvalue weighted by Gasteiger charge is 2.23. The molecule has 0 aromatic heterocycles. The lowest BCUT2D eigenvalue weighted by Crippen LogP contribution is -2.27. The molecule has 0 rings (SSSR count). The Balaban J connectivity index is 3.69. The predicted molar refractivity (Wildman–Crippen MR) is 247 cm³/mol. The zero-order valence-corrected chi connectivity index (χ0v) is 37.5. The van der Waals surface area contributed by atoms with Crippen LogP contribution in [0.25, 0.3) is 0 Å². The molecule has 2 unspecified atom stereocenters. The van der Waals surface area contributed by atoms with E-state index >= 15 is 0 Å². The highest BCUT2D eigenvalue weighted by Crippen LogP contribution is 2.42. The molecule has 1 amide bonds. The van der Waals surface area contributed by atoms with Gasteiger partial charge in [0.05, 0.1) is 13.2 Å². The van der Waals surface area contributed by atoms with Crippen molar-refractivity contribution in [3.8, 4) is 0 Å². The van der Waals surface area contributed by atoms with Gasteiger partial charge in [-0.2, -0.15) is 0 Å². The van der Waals surface area contributed by atoms with Crippen LogP contribution >= 0.6 is 7.82 Å². The number of hydrogen-bond acceptors (Lipinski definition) is 7. The number of rotatable bonds is 40. The molecule has 9 nitrogen and oxygen atoms in total. The first-order valence-corrected chi connectivity index (χ1v) is 23.9. The molecule has 0 aliphatic rings. The van der Waals surface area contributed by atoms with Gasteiger partial charge >= 0.3 is 13.8 Å². The molecule has 0 heterocycles. The second-order valence-electron chi connectivity index (χ2n) is 14.3. The van der Waals surface area contributed by atoms with Crippen LogP contribution in [0.2, 0.25) is 0 Å². The molecule has 0 bridgehead atoms. The Labute approximate surface area is 358 Å². The average molecular weight is 842 g/mol. The van der Waals surface area contributed by atoms with Crippen molar-refractivity contribution in [2.75, 3.05) is 26.4 Å². The van der Waals surface area contributed by atoms with Crippen molar-refractivity contribution in [3.63, 3.8) is 0 Å². The van der Waals surface area contributed by atoms with E-state index in [2.05, 4.69) is 129 Å². The molecule has 2 atom stereocenters. The molecule has 0 aliphatic heterocycles. The van der Waals surface area contributed by atoms with Crippen molar-refractivity contribution >= 4 is 19.7 Å². The first kappa shape index (κ1) is 55.7. The van der Waals surface area contributed by atoms with Crippen LogP contribution in [0.5, 0.6) is 0 Å². The number of phosphoric acid groups is 1. The number of amides is 1. The van der Waals surface area contributed by atoms with Crippen molar-refractivity contribution in [2.24, 2.45) is 0 Å². The molecule has 0 saturated carbocycles. The van der Waals surface area contributed by atoms with Gasteiger partial charge in [-0.15, -0.1) is 0 Å². The molecule has 10 heteroatoms. The monoisotopic (exact) mass is 842 g/mol. The Morgan fingerprint density at radius 1 is 0.525 bits per heavy atom. The van der Waals surface area contributed by atoms with E-state index < -0.39 is 26.5 Å². The number of nitrogens with one attached hydrogen (secondary N) is 1.